The van der Waals surface area contributed by atoms with Crippen LogP contribution in [0.15, 0.2) is 0 Å². The SMILES string of the molecule is OC12CC3CC(C(F)(F)F)(C1)CC(C14CC5CC(O)(CC(C(F)(F)F)(C5)C1)C4)(C3)C2. The van der Waals surface area contributed by atoms with E-state index in [-0.39, 0.29) is 63.2 Å². The summed E-state index contributed by atoms with van der Waals surface area (Å²) in [7, 11) is 0. The molecule has 8 bridgehead atoms. The van der Waals surface area contributed by atoms with Crippen molar-refractivity contribution in [1.29, 1.82) is 0 Å². The molecule has 2 nitrogen and oxygen atoms in total. The van der Waals surface area contributed by atoms with E-state index in [1.54, 1.807) is 0 Å². The van der Waals surface area contributed by atoms with Crippen molar-refractivity contribution in [2.45, 2.75) is 101 Å². The predicted octanol–water partition coefficient (Wildman–Crippen LogP) is 5.51. The first-order valence-corrected chi connectivity index (χ1v) is 11.1. The molecule has 8 aliphatic carbocycles. The van der Waals surface area contributed by atoms with E-state index in [1.165, 1.54) is 0 Å². The standard InChI is InChI=1S/C22H28F6O2/c23-21(24,25)17-3-13-1-15(7-17,9-19(29,5-13)11-17)16-2-14-4-18(8-16,22(26,27)28)12-20(30,6-14)10-16/h13-14,29-30H,1-12H2. The van der Waals surface area contributed by atoms with E-state index >= 15 is 0 Å². The monoisotopic (exact) mass is 438 g/mol. The quantitative estimate of drug-likeness (QED) is 0.530. The average molecular weight is 438 g/mol. The number of rotatable bonds is 1. The van der Waals surface area contributed by atoms with Gasteiger partial charge in [0.2, 0.25) is 0 Å². The lowest BCUT2D eigenvalue weighted by atomic mass is 9.30. The van der Waals surface area contributed by atoms with Crippen LogP contribution in [0.5, 0.6) is 0 Å². The van der Waals surface area contributed by atoms with Crippen LogP contribution in [0.1, 0.15) is 77.0 Å². The third-order valence-electron chi connectivity index (χ3n) is 10.4. The average Bonchev–Trinajstić information content (AvgIpc) is 2.47. The Morgan fingerprint density at radius 1 is 0.500 bits per heavy atom. The van der Waals surface area contributed by atoms with E-state index in [0.717, 1.165) is 0 Å². The van der Waals surface area contributed by atoms with E-state index in [0.29, 0.717) is 25.7 Å². The third-order valence-corrected chi connectivity index (χ3v) is 10.4. The van der Waals surface area contributed by atoms with E-state index in [2.05, 4.69) is 0 Å². The van der Waals surface area contributed by atoms with Crippen molar-refractivity contribution in [3.63, 3.8) is 0 Å². The minimum absolute atomic E-state index is 0.0191. The van der Waals surface area contributed by atoms with Gasteiger partial charge in [0.1, 0.15) is 0 Å². The van der Waals surface area contributed by atoms with Crippen LogP contribution in [0.3, 0.4) is 0 Å². The molecule has 2 N–H and O–H groups in total. The van der Waals surface area contributed by atoms with Gasteiger partial charge in [0.05, 0.1) is 22.0 Å². The molecule has 0 heterocycles. The first-order chi connectivity index (χ1) is 13.6. The summed E-state index contributed by atoms with van der Waals surface area (Å²) in [5.74, 6) is -0.616. The Morgan fingerprint density at radius 3 is 1.17 bits per heavy atom. The summed E-state index contributed by atoms with van der Waals surface area (Å²) < 4.78 is 85.9. The van der Waals surface area contributed by atoms with Crippen LogP contribution in [0.4, 0.5) is 26.3 Å². The Hall–Kier alpha value is -0.500. The molecule has 8 saturated carbocycles. The zero-order chi connectivity index (χ0) is 21.6. The van der Waals surface area contributed by atoms with Crippen molar-refractivity contribution in [3.05, 3.63) is 0 Å². The molecule has 8 unspecified atom stereocenters. The second-order valence-corrected chi connectivity index (χ2v) is 12.6. The molecule has 0 aliphatic heterocycles. The Morgan fingerprint density at radius 2 is 0.867 bits per heavy atom. The van der Waals surface area contributed by atoms with Gasteiger partial charge >= 0.3 is 12.4 Å². The molecule has 0 aromatic heterocycles. The second kappa shape index (κ2) is 5.02. The fourth-order valence-corrected chi connectivity index (χ4v) is 10.6. The van der Waals surface area contributed by atoms with Gasteiger partial charge in [-0.25, -0.2) is 0 Å². The molecule has 8 rings (SSSR count). The number of alkyl halides is 6. The lowest BCUT2D eigenvalue weighted by molar-refractivity contribution is -0.368. The Kier molecular flexibility index (Phi) is 3.37. The lowest BCUT2D eigenvalue weighted by Crippen LogP contribution is -2.73. The summed E-state index contributed by atoms with van der Waals surface area (Å²) in [4.78, 5) is 0. The van der Waals surface area contributed by atoms with Gasteiger partial charge in [-0.2, -0.15) is 26.3 Å². The summed E-state index contributed by atoms with van der Waals surface area (Å²) in [6.07, 6.45) is -8.13. The minimum Gasteiger partial charge on any atom is -0.390 e. The lowest BCUT2D eigenvalue weighted by Gasteiger charge is -2.75. The van der Waals surface area contributed by atoms with Crippen LogP contribution in [0, 0.1) is 33.5 Å². The van der Waals surface area contributed by atoms with Gasteiger partial charge in [0, 0.05) is 0 Å². The number of hydrogen-bond acceptors (Lipinski definition) is 2. The van der Waals surface area contributed by atoms with Crippen molar-refractivity contribution >= 4 is 0 Å². The Labute approximate surface area is 171 Å². The summed E-state index contributed by atoms with van der Waals surface area (Å²) >= 11 is 0. The largest absolute Gasteiger partial charge is 0.394 e. The first-order valence-electron chi connectivity index (χ1n) is 11.1. The molecule has 8 heteroatoms. The van der Waals surface area contributed by atoms with E-state index in [9.17, 15) is 36.6 Å². The topological polar surface area (TPSA) is 40.5 Å². The maximum Gasteiger partial charge on any atom is 0.394 e. The van der Waals surface area contributed by atoms with Crippen molar-refractivity contribution < 1.29 is 36.6 Å². The number of hydrogen-bond donors (Lipinski definition) is 2. The van der Waals surface area contributed by atoms with Gasteiger partial charge in [-0.1, -0.05) is 0 Å². The van der Waals surface area contributed by atoms with Gasteiger partial charge in [-0.3, -0.25) is 0 Å². The molecule has 0 aromatic rings. The molecule has 0 aromatic carbocycles. The molecule has 8 fully saturated rings. The molecule has 8 atom stereocenters. The highest BCUT2D eigenvalue weighted by atomic mass is 19.4. The smallest absolute Gasteiger partial charge is 0.390 e. The van der Waals surface area contributed by atoms with Crippen LogP contribution in [-0.2, 0) is 0 Å². The van der Waals surface area contributed by atoms with Crippen molar-refractivity contribution in [2.75, 3.05) is 0 Å². The number of halogens is 6. The molecule has 30 heavy (non-hydrogen) atoms. The normalized spacial score (nSPS) is 59.2. The fourth-order valence-electron chi connectivity index (χ4n) is 10.6. The summed E-state index contributed by atoms with van der Waals surface area (Å²) in [5, 5.41) is 22.4. The molecular formula is C22H28F6O2. The Bertz CT molecular complexity index is 744. The molecule has 0 saturated heterocycles. The molecular weight excluding hydrogens is 410 g/mol. The van der Waals surface area contributed by atoms with Gasteiger partial charge in [-0.15, -0.1) is 0 Å². The van der Waals surface area contributed by atoms with Crippen LogP contribution in [0.2, 0.25) is 0 Å². The summed E-state index contributed by atoms with van der Waals surface area (Å²) in [5.41, 5.74) is -8.85. The van der Waals surface area contributed by atoms with Gasteiger partial charge in [0.15, 0.2) is 0 Å². The van der Waals surface area contributed by atoms with Crippen molar-refractivity contribution in [2.24, 2.45) is 33.5 Å². The minimum atomic E-state index is -4.48. The third kappa shape index (κ3) is 2.26. The molecule has 8 aliphatic rings. The van der Waals surface area contributed by atoms with E-state index in [4.69, 9.17) is 0 Å². The highest BCUT2D eigenvalue weighted by molar-refractivity contribution is 5.25. The molecule has 0 spiro atoms. The number of aliphatic hydroxyl groups is 2. The highest BCUT2D eigenvalue weighted by Crippen LogP contribution is 2.82. The van der Waals surface area contributed by atoms with Crippen LogP contribution in [-0.4, -0.2) is 33.8 Å². The van der Waals surface area contributed by atoms with Gasteiger partial charge in [0.25, 0.3) is 0 Å². The Balaban J connectivity index is 1.50. The first kappa shape index (κ1) is 20.1. The van der Waals surface area contributed by atoms with Crippen LogP contribution < -0.4 is 0 Å². The zero-order valence-corrected chi connectivity index (χ0v) is 16.8. The fraction of sp³-hybridized carbons (Fsp3) is 1.00. The maximum atomic E-state index is 14.3. The van der Waals surface area contributed by atoms with Crippen molar-refractivity contribution in [1.82, 2.24) is 0 Å². The summed E-state index contributed by atoms with van der Waals surface area (Å²) in [6.45, 7) is 0. The summed E-state index contributed by atoms with van der Waals surface area (Å²) in [6, 6.07) is 0. The molecule has 0 amide bonds. The predicted molar refractivity (Wildman–Crippen MR) is 94.1 cm³/mol. The van der Waals surface area contributed by atoms with Gasteiger partial charge < -0.3 is 10.2 Å². The van der Waals surface area contributed by atoms with E-state index < -0.39 is 45.2 Å². The van der Waals surface area contributed by atoms with Crippen LogP contribution in [0.25, 0.3) is 0 Å². The van der Waals surface area contributed by atoms with Gasteiger partial charge in [-0.05, 0) is 99.7 Å². The van der Waals surface area contributed by atoms with Crippen LogP contribution >= 0.6 is 0 Å². The highest BCUT2D eigenvalue weighted by Gasteiger charge is 2.79. The zero-order valence-electron chi connectivity index (χ0n) is 16.8. The maximum absolute atomic E-state index is 14.3. The molecule has 170 valence electrons. The molecule has 0 radical (unpaired) electrons. The van der Waals surface area contributed by atoms with E-state index in [1.807, 2.05) is 0 Å². The van der Waals surface area contributed by atoms with Crippen molar-refractivity contribution in [3.8, 4) is 0 Å². The second-order valence-electron chi connectivity index (χ2n) is 12.6.